The molecule has 0 radical (unpaired) electrons. The summed E-state index contributed by atoms with van der Waals surface area (Å²) in [6, 6.07) is 18.0. The maximum absolute atomic E-state index is 12.6. The predicted octanol–water partition coefficient (Wildman–Crippen LogP) is 4.35. The van der Waals surface area contributed by atoms with Crippen LogP contribution in [0.3, 0.4) is 0 Å². The van der Waals surface area contributed by atoms with Gasteiger partial charge in [0, 0.05) is 23.7 Å². The molecule has 28 heavy (non-hydrogen) atoms. The van der Waals surface area contributed by atoms with Crippen LogP contribution in [0.1, 0.15) is 45.0 Å². The topological polar surface area (TPSA) is 37.4 Å². The molecule has 3 aromatic rings. The fraction of sp³-hybridized carbons (Fsp3) is 0.120. The minimum Gasteiger partial charge on any atom is -0.281 e. The van der Waals surface area contributed by atoms with Crippen LogP contribution in [0.5, 0.6) is 0 Å². The van der Waals surface area contributed by atoms with Crippen molar-refractivity contribution in [3.05, 3.63) is 88.5 Å². The van der Waals surface area contributed by atoms with E-state index in [1.54, 1.807) is 7.05 Å². The second-order valence-electron chi connectivity index (χ2n) is 7.16. The van der Waals surface area contributed by atoms with Crippen LogP contribution < -0.4 is 0 Å². The van der Waals surface area contributed by atoms with E-state index in [4.69, 9.17) is 0 Å². The van der Waals surface area contributed by atoms with Crippen molar-refractivity contribution in [2.75, 3.05) is 7.05 Å². The summed E-state index contributed by atoms with van der Waals surface area (Å²) in [6.07, 6.45) is 4.62. The van der Waals surface area contributed by atoms with Crippen LogP contribution >= 0.6 is 0 Å². The number of carbonyl (C=O) groups is 2. The summed E-state index contributed by atoms with van der Waals surface area (Å²) in [5.41, 5.74) is 4.16. The first kappa shape index (κ1) is 16.5. The molecule has 1 atom stereocenters. The van der Waals surface area contributed by atoms with E-state index in [1.165, 1.54) is 4.90 Å². The van der Waals surface area contributed by atoms with Crippen molar-refractivity contribution in [3.63, 3.8) is 0 Å². The highest BCUT2D eigenvalue weighted by Gasteiger charge is 2.39. The summed E-state index contributed by atoms with van der Waals surface area (Å²) < 4.78 is 0. The first-order valence-corrected chi connectivity index (χ1v) is 9.30. The number of rotatable bonds is 0. The van der Waals surface area contributed by atoms with Gasteiger partial charge in [0.15, 0.2) is 0 Å². The van der Waals surface area contributed by atoms with Crippen LogP contribution in [-0.4, -0.2) is 23.8 Å². The Bertz CT molecular complexity index is 1250. The maximum atomic E-state index is 12.6. The van der Waals surface area contributed by atoms with E-state index in [0.29, 0.717) is 12.0 Å². The van der Waals surface area contributed by atoms with E-state index in [1.807, 2.05) is 48.6 Å². The fourth-order valence-corrected chi connectivity index (χ4v) is 4.13. The molecule has 2 amide bonds. The van der Waals surface area contributed by atoms with Gasteiger partial charge in [0.05, 0.1) is 5.92 Å². The molecule has 0 aromatic heterocycles. The van der Waals surface area contributed by atoms with Crippen LogP contribution in [0.15, 0.2) is 60.7 Å². The molecule has 134 valence electrons. The Kier molecular flexibility index (Phi) is 3.67. The van der Waals surface area contributed by atoms with Crippen molar-refractivity contribution in [1.29, 1.82) is 0 Å². The number of likely N-dealkylation sites (N-methyl/N-ethyl adjacent to an activating group) is 1. The Hall–Kier alpha value is -3.64. The number of hydrogen-bond donors (Lipinski definition) is 0. The SMILES string of the molecule is CN1C(=O)c2ccc(C#Cc3cccc4ccccc34)c3c2C(CC=C3)C1=O. The first-order chi connectivity index (χ1) is 13.6. The standard InChI is InChI=1S/C25H17NO2/c1-26-24(27)21-11-5-10-20-18(14-15-22(23(20)21)25(26)28)13-12-17-8-4-7-16-6-2-3-9-19(16)17/h2-10,14-15,21H,11H2,1H3. The van der Waals surface area contributed by atoms with E-state index >= 15 is 0 Å². The molecule has 1 aliphatic heterocycles. The summed E-state index contributed by atoms with van der Waals surface area (Å²) in [7, 11) is 1.56. The lowest BCUT2D eigenvalue weighted by atomic mass is 9.78. The number of allylic oxidation sites excluding steroid dienone is 1. The number of fused-ring (bicyclic) bond motifs is 1. The highest BCUT2D eigenvalue weighted by atomic mass is 16.2. The molecule has 0 bridgehead atoms. The molecular formula is C25H17NO2. The van der Waals surface area contributed by atoms with Gasteiger partial charge in [-0.2, -0.15) is 0 Å². The highest BCUT2D eigenvalue weighted by molar-refractivity contribution is 6.12. The second-order valence-corrected chi connectivity index (χ2v) is 7.16. The van der Waals surface area contributed by atoms with Gasteiger partial charge in [-0.15, -0.1) is 0 Å². The molecular weight excluding hydrogens is 346 g/mol. The lowest BCUT2D eigenvalue weighted by Crippen LogP contribution is -2.42. The Labute approximate surface area is 163 Å². The van der Waals surface area contributed by atoms with Gasteiger partial charge >= 0.3 is 0 Å². The molecule has 0 saturated heterocycles. The van der Waals surface area contributed by atoms with Gasteiger partial charge in [-0.1, -0.05) is 60.4 Å². The second kappa shape index (κ2) is 6.21. The van der Waals surface area contributed by atoms with Crippen molar-refractivity contribution in [2.45, 2.75) is 12.3 Å². The van der Waals surface area contributed by atoms with Gasteiger partial charge in [0.25, 0.3) is 5.91 Å². The van der Waals surface area contributed by atoms with Crippen molar-refractivity contribution in [2.24, 2.45) is 0 Å². The normalized spacial score (nSPS) is 17.3. The fourth-order valence-electron chi connectivity index (χ4n) is 4.13. The molecule has 1 aliphatic carbocycles. The zero-order chi connectivity index (χ0) is 19.3. The molecule has 0 N–H and O–H groups in total. The molecule has 0 saturated carbocycles. The number of amides is 2. The van der Waals surface area contributed by atoms with Crippen molar-refractivity contribution >= 4 is 28.7 Å². The predicted molar refractivity (Wildman–Crippen MR) is 110 cm³/mol. The summed E-state index contributed by atoms with van der Waals surface area (Å²) in [6.45, 7) is 0. The molecule has 3 nitrogen and oxygen atoms in total. The summed E-state index contributed by atoms with van der Waals surface area (Å²) in [5.74, 6) is 5.91. The molecule has 5 rings (SSSR count). The Balaban J connectivity index is 1.67. The molecule has 1 heterocycles. The molecule has 0 fully saturated rings. The zero-order valence-corrected chi connectivity index (χ0v) is 15.4. The van der Waals surface area contributed by atoms with Gasteiger partial charge in [0.2, 0.25) is 5.91 Å². The lowest BCUT2D eigenvalue weighted by molar-refractivity contribution is -0.129. The number of hydrogen-bond acceptors (Lipinski definition) is 2. The molecule has 1 unspecified atom stereocenters. The van der Waals surface area contributed by atoms with Gasteiger partial charge in [-0.25, -0.2) is 0 Å². The Morgan fingerprint density at radius 3 is 2.61 bits per heavy atom. The molecule has 0 spiro atoms. The quantitative estimate of drug-likeness (QED) is 0.440. The third-order valence-electron chi connectivity index (χ3n) is 5.58. The van der Waals surface area contributed by atoms with E-state index in [2.05, 4.69) is 30.0 Å². The van der Waals surface area contributed by atoms with Crippen molar-refractivity contribution < 1.29 is 9.59 Å². The number of nitrogens with zero attached hydrogens (tertiary/aromatic N) is 1. The van der Waals surface area contributed by atoms with Crippen LogP contribution in [0, 0.1) is 11.8 Å². The highest BCUT2D eigenvalue weighted by Crippen LogP contribution is 2.39. The average Bonchev–Trinajstić information content (AvgIpc) is 2.74. The minimum absolute atomic E-state index is 0.137. The first-order valence-electron chi connectivity index (χ1n) is 9.30. The lowest BCUT2D eigenvalue weighted by Gasteiger charge is -2.33. The average molecular weight is 363 g/mol. The summed E-state index contributed by atoms with van der Waals surface area (Å²) in [5, 5.41) is 2.27. The number of imide groups is 1. The van der Waals surface area contributed by atoms with Crippen LogP contribution in [0.25, 0.3) is 16.8 Å². The van der Waals surface area contributed by atoms with Gasteiger partial charge in [-0.05, 0) is 46.5 Å². The maximum Gasteiger partial charge on any atom is 0.260 e. The van der Waals surface area contributed by atoms with Gasteiger partial charge in [0.1, 0.15) is 0 Å². The Morgan fingerprint density at radius 1 is 0.929 bits per heavy atom. The van der Waals surface area contributed by atoms with Crippen LogP contribution in [0.2, 0.25) is 0 Å². The van der Waals surface area contributed by atoms with Crippen LogP contribution in [0.4, 0.5) is 0 Å². The van der Waals surface area contributed by atoms with Crippen LogP contribution in [-0.2, 0) is 4.79 Å². The van der Waals surface area contributed by atoms with Gasteiger partial charge in [-0.3, -0.25) is 14.5 Å². The minimum atomic E-state index is -0.294. The molecule has 3 aromatic carbocycles. The number of benzene rings is 3. The van der Waals surface area contributed by atoms with E-state index < -0.39 is 0 Å². The summed E-state index contributed by atoms with van der Waals surface area (Å²) >= 11 is 0. The smallest absolute Gasteiger partial charge is 0.260 e. The van der Waals surface area contributed by atoms with Crippen molar-refractivity contribution in [1.82, 2.24) is 4.90 Å². The molecule has 3 heteroatoms. The Morgan fingerprint density at radius 2 is 1.71 bits per heavy atom. The van der Waals surface area contributed by atoms with E-state index in [9.17, 15) is 9.59 Å². The van der Waals surface area contributed by atoms with Gasteiger partial charge < -0.3 is 0 Å². The molecule has 2 aliphatic rings. The monoisotopic (exact) mass is 363 g/mol. The third kappa shape index (κ3) is 2.39. The van der Waals surface area contributed by atoms with Crippen molar-refractivity contribution in [3.8, 4) is 11.8 Å². The zero-order valence-electron chi connectivity index (χ0n) is 15.4. The van der Waals surface area contributed by atoms with E-state index in [-0.39, 0.29) is 17.7 Å². The number of carbonyl (C=O) groups excluding carboxylic acids is 2. The third-order valence-corrected chi connectivity index (χ3v) is 5.58. The summed E-state index contributed by atoms with van der Waals surface area (Å²) in [4.78, 5) is 26.4. The largest absolute Gasteiger partial charge is 0.281 e. The van der Waals surface area contributed by atoms with E-state index in [0.717, 1.165) is 33.0 Å².